The molecular weight excluding hydrogens is 1920 g/mol. The van der Waals surface area contributed by atoms with Crippen molar-refractivity contribution in [2.24, 2.45) is 0 Å². The SMILES string of the molecule is CC(=O)C=C(C)O.CC(=O)C=C(C)O.CC(=O)C=C(C)O.Cc1[c-]c(-c2cc3oc(-c4cc(C(C)C)cc(C(C)C)c4)cc3cn2)cc(C)c1.Cc1[c-]c(-c2cc3oc(-c4ccc(-c5c(C)cccc5C)cc4)cc3cn2)cc(C)c1.Cc1[c-]c(-c2cc3oc(-c4ccc(C(C)(C)C)cc4)cc3cn2)cc(C)c1.[Ir].[Ir].[Ir]. The third-order valence-electron chi connectivity index (χ3n) is 17.3. The second-order valence-electron chi connectivity index (χ2n) is 29.5. The molecule has 0 amide bonds. The summed E-state index contributed by atoms with van der Waals surface area (Å²) in [6.07, 6.45) is 9.17. The third-order valence-corrected chi connectivity index (χ3v) is 17.3. The molecule has 0 bridgehead atoms. The first-order valence-electron chi connectivity index (χ1n) is 36.2. The van der Waals surface area contributed by atoms with Crippen molar-refractivity contribution in [1.82, 2.24) is 15.0 Å². The van der Waals surface area contributed by atoms with Crippen LogP contribution in [0.4, 0.5) is 0 Å². The molecule has 0 atom stereocenters. The van der Waals surface area contributed by atoms with Gasteiger partial charge in [-0.3, -0.25) is 14.4 Å². The van der Waals surface area contributed by atoms with Crippen molar-refractivity contribution in [3.05, 3.63) is 291 Å². The summed E-state index contributed by atoms with van der Waals surface area (Å²) in [5.41, 5.74) is 27.7. The van der Waals surface area contributed by atoms with Gasteiger partial charge in [0.05, 0.1) is 17.3 Å². The topological polar surface area (TPSA) is 190 Å². The third kappa shape index (κ3) is 27.0. The number of aryl methyl sites for hydroxylation is 8. The fourth-order valence-electron chi connectivity index (χ4n) is 12.3. The Morgan fingerprint density at radius 1 is 0.387 bits per heavy atom. The minimum absolute atomic E-state index is 0. The van der Waals surface area contributed by atoms with Crippen LogP contribution in [-0.4, -0.2) is 47.6 Å². The van der Waals surface area contributed by atoms with E-state index in [0.717, 1.165) is 117 Å². The van der Waals surface area contributed by atoms with Crippen LogP contribution in [0.3, 0.4) is 0 Å². The summed E-state index contributed by atoms with van der Waals surface area (Å²) in [6.45, 7) is 40.9. The fraction of sp³-hybridized carbons (Fsp3) is 0.250. The summed E-state index contributed by atoms with van der Waals surface area (Å²) in [7, 11) is 0. The average Bonchev–Trinajstić information content (AvgIpc) is 1.67. The number of aromatic nitrogens is 3. The summed E-state index contributed by atoms with van der Waals surface area (Å²) >= 11 is 0. The molecule has 0 aliphatic rings. The molecule has 3 radical (unpaired) electrons. The number of benzene rings is 7. The van der Waals surface area contributed by atoms with Crippen LogP contribution in [0, 0.1) is 73.6 Å². The first-order chi connectivity index (χ1) is 50.9. The van der Waals surface area contributed by atoms with Crippen LogP contribution in [0.2, 0.25) is 0 Å². The van der Waals surface area contributed by atoms with Gasteiger partial charge >= 0.3 is 0 Å². The summed E-state index contributed by atoms with van der Waals surface area (Å²) in [5, 5.41) is 28.1. The molecule has 12 nitrogen and oxygen atoms in total. The largest absolute Gasteiger partial charge is 0.512 e. The molecule has 0 unspecified atom stereocenters. The predicted octanol–water partition coefficient (Wildman–Crippen LogP) is 25.7. The first kappa shape index (κ1) is 91.8. The Labute approximate surface area is 695 Å². The molecule has 3 N–H and O–H groups in total. The summed E-state index contributed by atoms with van der Waals surface area (Å²) < 4.78 is 18.7. The van der Waals surface area contributed by atoms with Gasteiger partial charge in [0.2, 0.25) is 0 Å². The monoisotopic (exact) mass is 2020 g/mol. The number of pyridine rings is 3. The van der Waals surface area contributed by atoms with E-state index >= 15 is 0 Å². The van der Waals surface area contributed by atoms with Gasteiger partial charge in [0.15, 0.2) is 17.3 Å². The second kappa shape index (κ2) is 41.5. The van der Waals surface area contributed by atoms with Gasteiger partial charge in [-0.2, -0.15) is 0 Å². The van der Waals surface area contributed by atoms with E-state index in [1.807, 2.05) is 36.8 Å². The Morgan fingerprint density at radius 3 is 0.955 bits per heavy atom. The maximum atomic E-state index is 10.0. The van der Waals surface area contributed by atoms with Crippen LogP contribution >= 0.6 is 0 Å². The van der Waals surface area contributed by atoms with Gasteiger partial charge in [0.25, 0.3) is 0 Å². The predicted molar refractivity (Wildman–Crippen MR) is 443 cm³/mol. The minimum atomic E-state index is -0.125. The Morgan fingerprint density at radius 2 is 0.685 bits per heavy atom. The van der Waals surface area contributed by atoms with Crippen LogP contribution in [0.5, 0.6) is 0 Å². The summed E-state index contributed by atoms with van der Waals surface area (Å²) in [5.74, 6) is 3.39. The molecule has 0 spiro atoms. The quantitative estimate of drug-likeness (QED) is 0.0597. The van der Waals surface area contributed by atoms with Gasteiger partial charge in [-0.1, -0.05) is 163 Å². The molecule has 13 aromatic rings. The van der Waals surface area contributed by atoms with Crippen molar-refractivity contribution in [3.8, 4) is 78.9 Å². The van der Waals surface area contributed by atoms with Crippen molar-refractivity contribution in [2.45, 2.75) is 163 Å². The zero-order valence-corrected chi connectivity index (χ0v) is 74.4. The molecule has 0 aliphatic heterocycles. The number of furan rings is 3. The van der Waals surface area contributed by atoms with Gasteiger partial charge in [0, 0.05) is 130 Å². The molecule has 0 aliphatic carbocycles. The van der Waals surface area contributed by atoms with Gasteiger partial charge in [-0.05, 0) is 177 Å². The van der Waals surface area contributed by atoms with E-state index in [4.69, 9.17) is 28.6 Å². The standard InChI is InChI=1S/C29H24NO.C27H28NO.C25H24NO.3C5H8O2.3Ir/c1-18-12-19(2)14-24(13-18)26-16-28-25(17-30-26)15-27(31-28)22-8-10-23(11-9-22)29-20(3)6-5-7-21(29)4;1-16(2)20-10-21(17(3)4)12-23(11-20)26-13-24-15-28-25(14-27(24)29-26)22-8-18(5)7-19(6)9-22;1-16-10-17(2)12-19(11-16)22-14-24-20(15-26-22)13-23(27-24)18-6-8-21(9-7-18)25(3,4)5;3*1-4(6)3-5(2)7;;;/h5-13,15-17H,1-4H3;7-8,10-17H,1-6H3;6-11,13-15H,1-5H3;3*3,6H,1-2H3;;;/q3*-1;;;;;;. The molecule has 0 saturated carbocycles. The molecule has 6 heterocycles. The normalized spacial score (nSPS) is 11.3. The van der Waals surface area contributed by atoms with E-state index in [0.29, 0.717) is 11.8 Å². The second-order valence-corrected chi connectivity index (χ2v) is 29.5. The van der Waals surface area contributed by atoms with E-state index < -0.39 is 0 Å². The average molecular weight is 2020 g/mol. The van der Waals surface area contributed by atoms with Crippen LogP contribution in [0.15, 0.2) is 225 Å². The number of aliphatic hydroxyl groups excluding tert-OH is 3. The summed E-state index contributed by atoms with van der Waals surface area (Å²) in [4.78, 5) is 44.0. The van der Waals surface area contributed by atoms with Gasteiger partial charge in [-0.15, -0.1) is 105 Å². The number of hydrogen-bond donors (Lipinski definition) is 3. The number of rotatable bonds is 12. The Balaban J connectivity index is 0.000000260. The molecule has 111 heavy (non-hydrogen) atoms. The fourth-order valence-corrected chi connectivity index (χ4v) is 12.3. The molecule has 7 aromatic carbocycles. The number of fused-ring (bicyclic) bond motifs is 3. The van der Waals surface area contributed by atoms with E-state index in [-0.39, 0.29) is 100 Å². The first-order valence-corrected chi connectivity index (χ1v) is 36.2. The number of aliphatic hydroxyl groups is 3. The molecule has 6 aromatic heterocycles. The van der Waals surface area contributed by atoms with Gasteiger partial charge in [-0.25, -0.2) is 0 Å². The van der Waals surface area contributed by atoms with Crippen molar-refractivity contribution >= 4 is 50.3 Å². The van der Waals surface area contributed by atoms with Crippen molar-refractivity contribution in [2.75, 3.05) is 0 Å². The Bertz CT molecular complexity index is 5290. The van der Waals surface area contributed by atoms with E-state index in [1.54, 1.807) is 0 Å². The number of carbonyl (C=O) groups excluding carboxylic acids is 3. The number of carbonyl (C=O) groups is 3. The van der Waals surface area contributed by atoms with Crippen molar-refractivity contribution < 1.29 is 103 Å². The Kier molecular flexibility index (Phi) is 34.3. The Hall–Kier alpha value is -9.81. The zero-order chi connectivity index (χ0) is 79.0. The number of ketones is 3. The van der Waals surface area contributed by atoms with Crippen molar-refractivity contribution in [1.29, 1.82) is 0 Å². The van der Waals surface area contributed by atoms with Crippen LogP contribution in [0.25, 0.3) is 112 Å². The maximum Gasteiger partial charge on any atom is 0.155 e. The molecule has 583 valence electrons. The molecule has 0 saturated heterocycles. The van der Waals surface area contributed by atoms with E-state index in [9.17, 15) is 14.4 Å². The van der Waals surface area contributed by atoms with Crippen molar-refractivity contribution in [3.63, 3.8) is 0 Å². The molecule has 15 heteroatoms. The van der Waals surface area contributed by atoms with E-state index in [2.05, 4.69) is 277 Å². The zero-order valence-electron chi connectivity index (χ0n) is 67.3. The smallest absolute Gasteiger partial charge is 0.155 e. The van der Waals surface area contributed by atoms with Crippen LogP contribution < -0.4 is 0 Å². The van der Waals surface area contributed by atoms with Crippen LogP contribution in [0.1, 0.15) is 163 Å². The van der Waals surface area contributed by atoms with Crippen LogP contribution in [-0.2, 0) is 80.1 Å². The minimum Gasteiger partial charge on any atom is -0.512 e. The number of hydrogen-bond acceptors (Lipinski definition) is 12. The summed E-state index contributed by atoms with van der Waals surface area (Å²) in [6, 6.07) is 65.6. The molecule has 13 rings (SSSR count). The van der Waals surface area contributed by atoms with E-state index in [1.165, 1.54) is 115 Å². The number of nitrogens with zero attached hydrogens (tertiary/aromatic N) is 3. The van der Waals surface area contributed by atoms with Gasteiger partial charge in [0.1, 0.15) is 34.0 Å². The number of allylic oxidation sites excluding steroid dienone is 6. The molecule has 0 fully saturated rings. The van der Waals surface area contributed by atoms with Gasteiger partial charge < -0.3 is 43.5 Å². The maximum absolute atomic E-state index is 10.0. The molecular formula is C96H100Ir3N3O9-3.